The third-order valence-electron chi connectivity index (χ3n) is 3.68. The summed E-state index contributed by atoms with van der Waals surface area (Å²) in [7, 11) is 0. The molecule has 3 rings (SSSR count). The van der Waals surface area contributed by atoms with Crippen LogP contribution in [0.3, 0.4) is 0 Å². The van der Waals surface area contributed by atoms with Gasteiger partial charge in [-0.3, -0.25) is 5.01 Å². The minimum atomic E-state index is 1.09. The zero-order valence-electron chi connectivity index (χ0n) is 12.2. The van der Waals surface area contributed by atoms with E-state index < -0.39 is 0 Å². The third kappa shape index (κ3) is 4.09. The van der Waals surface area contributed by atoms with Gasteiger partial charge in [-0.15, -0.1) is 0 Å². The summed E-state index contributed by atoms with van der Waals surface area (Å²) in [6, 6.07) is 18.6. The molecule has 1 fully saturated rings. The van der Waals surface area contributed by atoms with Crippen LogP contribution in [-0.2, 0) is 0 Å². The molecular weight excluding hydrogens is 258 g/mol. The van der Waals surface area contributed by atoms with Gasteiger partial charge in [0.25, 0.3) is 0 Å². The molecular formula is C18H21N3. The molecule has 0 saturated carbocycles. The number of hydrazone groups is 1. The highest BCUT2D eigenvalue weighted by Crippen LogP contribution is 2.16. The molecule has 0 aromatic heterocycles. The van der Waals surface area contributed by atoms with E-state index in [1.807, 2.05) is 24.4 Å². The summed E-state index contributed by atoms with van der Waals surface area (Å²) in [6.07, 6.45) is 5.82. The second-order valence-corrected chi connectivity index (χ2v) is 5.37. The minimum absolute atomic E-state index is 1.09. The molecule has 1 aliphatic heterocycles. The fraction of sp³-hybridized carbons (Fsp3) is 0.278. The van der Waals surface area contributed by atoms with Crippen LogP contribution in [-0.4, -0.2) is 24.3 Å². The highest BCUT2D eigenvalue weighted by atomic mass is 15.4. The molecule has 2 aromatic rings. The van der Waals surface area contributed by atoms with Crippen molar-refractivity contribution in [3.8, 4) is 0 Å². The van der Waals surface area contributed by atoms with Crippen molar-refractivity contribution in [2.24, 2.45) is 5.10 Å². The average molecular weight is 279 g/mol. The lowest BCUT2D eigenvalue weighted by Gasteiger charge is -2.23. The Balaban J connectivity index is 1.60. The summed E-state index contributed by atoms with van der Waals surface area (Å²) in [5.41, 5.74) is 3.34. The van der Waals surface area contributed by atoms with Crippen LogP contribution >= 0.6 is 0 Å². The molecule has 0 spiro atoms. The number of piperidine rings is 1. The predicted octanol–water partition coefficient (Wildman–Crippen LogP) is 4.25. The van der Waals surface area contributed by atoms with E-state index in [9.17, 15) is 0 Å². The molecule has 1 saturated heterocycles. The van der Waals surface area contributed by atoms with Crippen molar-refractivity contribution in [3.63, 3.8) is 0 Å². The first-order valence-corrected chi connectivity index (χ1v) is 7.61. The molecule has 0 radical (unpaired) electrons. The van der Waals surface area contributed by atoms with E-state index in [4.69, 9.17) is 0 Å². The number of nitrogens with one attached hydrogen (secondary N) is 1. The fourth-order valence-electron chi connectivity index (χ4n) is 2.48. The van der Waals surface area contributed by atoms with Gasteiger partial charge in [0.05, 0.1) is 6.21 Å². The molecule has 0 atom stereocenters. The van der Waals surface area contributed by atoms with Crippen LogP contribution in [0, 0.1) is 0 Å². The van der Waals surface area contributed by atoms with Crippen LogP contribution in [0.5, 0.6) is 0 Å². The predicted molar refractivity (Wildman–Crippen MR) is 89.2 cm³/mol. The van der Waals surface area contributed by atoms with Gasteiger partial charge < -0.3 is 5.32 Å². The van der Waals surface area contributed by atoms with Gasteiger partial charge in [-0.1, -0.05) is 30.3 Å². The highest BCUT2D eigenvalue weighted by Gasteiger charge is 2.05. The largest absolute Gasteiger partial charge is 0.356 e. The Kier molecular flexibility index (Phi) is 4.52. The number of nitrogens with zero attached hydrogens (tertiary/aromatic N) is 2. The first-order chi connectivity index (χ1) is 10.4. The van der Waals surface area contributed by atoms with Gasteiger partial charge in [-0.2, -0.15) is 5.10 Å². The first kappa shape index (κ1) is 13.7. The number of benzene rings is 2. The van der Waals surface area contributed by atoms with Crippen LogP contribution in [0.2, 0.25) is 0 Å². The summed E-state index contributed by atoms with van der Waals surface area (Å²) < 4.78 is 0. The van der Waals surface area contributed by atoms with E-state index in [2.05, 4.69) is 51.8 Å². The van der Waals surface area contributed by atoms with Gasteiger partial charge in [0.2, 0.25) is 0 Å². The quantitative estimate of drug-likeness (QED) is 0.847. The zero-order chi connectivity index (χ0) is 14.3. The summed E-state index contributed by atoms with van der Waals surface area (Å²) >= 11 is 0. The van der Waals surface area contributed by atoms with Crippen molar-refractivity contribution in [1.29, 1.82) is 0 Å². The molecule has 3 nitrogen and oxygen atoms in total. The maximum absolute atomic E-state index is 4.56. The number of hydrogen-bond donors (Lipinski definition) is 1. The standard InChI is InChI=1S/C18H21N3/c1-3-7-17(8-4-1)20-18-11-9-16(10-12-18)15-19-21-13-5-2-6-14-21/h1,3-4,7-12,15,20H,2,5-6,13-14H2. The Bertz CT molecular complexity index is 569. The Morgan fingerprint density at radius 2 is 1.48 bits per heavy atom. The minimum Gasteiger partial charge on any atom is -0.356 e. The van der Waals surface area contributed by atoms with Crippen molar-refractivity contribution >= 4 is 17.6 Å². The Hall–Kier alpha value is -2.29. The van der Waals surface area contributed by atoms with Crippen LogP contribution in [0.15, 0.2) is 59.7 Å². The van der Waals surface area contributed by atoms with Gasteiger partial charge in [0, 0.05) is 24.5 Å². The first-order valence-electron chi connectivity index (χ1n) is 7.61. The molecule has 0 aliphatic carbocycles. The maximum atomic E-state index is 4.56. The van der Waals surface area contributed by atoms with Crippen molar-refractivity contribution in [2.45, 2.75) is 19.3 Å². The fourth-order valence-corrected chi connectivity index (χ4v) is 2.48. The number of anilines is 2. The summed E-state index contributed by atoms with van der Waals surface area (Å²) in [5, 5.41) is 10.1. The molecule has 2 aromatic carbocycles. The van der Waals surface area contributed by atoms with E-state index in [0.717, 1.165) is 30.0 Å². The monoisotopic (exact) mass is 279 g/mol. The molecule has 0 unspecified atom stereocenters. The topological polar surface area (TPSA) is 27.6 Å². The molecule has 3 heteroatoms. The van der Waals surface area contributed by atoms with Crippen LogP contribution in [0.4, 0.5) is 11.4 Å². The SMILES string of the molecule is C(=NN1CCCCC1)c1ccc(Nc2ccccc2)cc1. The third-order valence-corrected chi connectivity index (χ3v) is 3.68. The Morgan fingerprint density at radius 1 is 0.810 bits per heavy atom. The van der Waals surface area contributed by atoms with E-state index >= 15 is 0 Å². The lowest BCUT2D eigenvalue weighted by atomic mass is 10.2. The molecule has 0 bridgehead atoms. The van der Waals surface area contributed by atoms with E-state index in [-0.39, 0.29) is 0 Å². The van der Waals surface area contributed by atoms with Crippen molar-refractivity contribution in [1.82, 2.24) is 5.01 Å². The Morgan fingerprint density at radius 3 is 2.19 bits per heavy atom. The van der Waals surface area contributed by atoms with Crippen molar-refractivity contribution < 1.29 is 0 Å². The lowest BCUT2D eigenvalue weighted by Crippen LogP contribution is -2.24. The number of hydrogen-bond acceptors (Lipinski definition) is 3. The smallest absolute Gasteiger partial charge is 0.0542 e. The van der Waals surface area contributed by atoms with E-state index in [0.29, 0.717) is 0 Å². The molecule has 21 heavy (non-hydrogen) atoms. The Labute approximate surface area is 126 Å². The van der Waals surface area contributed by atoms with Crippen molar-refractivity contribution in [3.05, 3.63) is 60.2 Å². The number of para-hydroxylation sites is 1. The van der Waals surface area contributed by atoms with Gasteiger partial charge in [0.15, 0.2) is 0 Å². The average Bonchev–Trinajstić information content (AvgIpc) is 2.56. The zero-order valence-corrected chi connectivity index (χ0v) is 12.2. The van der Waals surface area contributed by atoms with Crippen LogP contribution in [0.25, 0.3) is 0 Å². The molecule has 1 aliphatic rings. The normalized spacial score (nSPS) is 15.3. The summed E-state index contributed by atoms with van der Waals surface area (Å²) in [6.45, 7) is 2.17. The molecule has 0 amide bonds. The summed E-state index contributed by atoms with van der Waals surface area (Å²) in [4.78, 5) is 0. The number of rotatable bonds is 4. The second-order valence-electron chi connectivity index (χ2n) is 5.37. The second kappa shape index (κ2) is 6.93. The molecule has 1 N–H and O–H groups in total. The highest BCUT2D eigenvalue weighted by molar-refractivity contribution is 5.80. The van der Waals surface area contributed by atoms with Crippen LogP contribution < -0.4 is 5.32 Å². The maximum Gasteiger partial charge on any atom is 0.0542 e. The van der Waals surface area contributed by atoms with Gasteiger partial charge in [-0.05, 0) is 49.1 Å². The molecule has 108 valence electrons. The molecule has 1 heterocycles. The van der Waals surface area contributed by atoms with Gasteiger partial charge in [-0.25, -0.2) is 0 Å². The van der Waals surface area contributed by atoms with E-state index in [1.54, 1.807) is 0 Å². The van der Waals surface area contributed by atoms with Crippen molar-refractivity contribution in [2.75, 3.05) is 18.4 Å². The van der Waals surface area contributed by atoms with Gasteiger partial charge >= 0.3 is 0 Å². The lowest BCUT2D eigenvalue weighted by molar-refractivity contribution is 0.240. The summed E-state index contributed by atoms with van der Waals surface area (Å²) in [5.74, 6) is 0. The van der Waals surface area contributed by atoms with E-state index in [1.165, 1.54) is 19.3 Å². The van der Waals surface area contributed by atoms with Gasteiger partial charge in [0.1, 0.15) is 0 Å². The van der Waals surface area contributed by atoms with Crippen LogP contribution in [0.1, 0.15) is 24.8 Å².